The Labute approximate surface area is 133 Å². The molecule has 1 aromatic rings. The summed E-state index contributed by atoms with van der Waals surface area (Å²) in [6.07, 6.45) is 1.83. The second kappa shape index (κ2) is 9.49. The van der Waals surface area contributed by atoms with Crippen LogP contribution in [0.1, 0.15) is 45.2 Å². The molecule has 0 aliphatic rings. The van der Waals surface area contributed by atoms with Crippen LogP contribution in [0.2, 0.25) is 0 Å². The van der Waals surface area contributed by atoms with Crippen LogP contribution in [0.5, 0.6) is 0 Å². The molecule has 0 aromatic heterocycles. The summed E-state index contributed by atoms with van der Waals surface area (Å²) in [5.41, 5.74) is 1.27. The predicted molar refractivity (Wildman–Crippen MR) is 92.8 cm³/mol. The third-order valence-electron chi connectivity index (χ3n) is 3.26. The number of nitrogens with one attached hydrogen (secondary N) is 1. The van der Waals surface area contributed by atoms with Gasteiger partial charge in [-0.3, -0.25) is 0 Å². The van der Waals surface area contributed by atoms with Gasteiger partial charge >= 0.3 is 0 Å². The zero-order valence-electron chi connectivity index (χ0n) is 13.3. The van der Waals surface area contributed by atoms with E-state index < -0.39 is 9.84 Å². The number of rotatable bonds is 10. The Bertz CT molecular complexity index is 498. The van der Waals surface area contributed by atoms with Gasteiger partial charge in [-0.2, -0.15) is 0 Å². The van der Waals surface area contributed by atoms with Crippen LogP contribution in [-0.2, 0) is 9.84 Å². The molecule has 1 unspecified atom stereocenters. The van der Waals surface area contributed by atoms with Gasteiger partial charge in [0.2, 0.25) is 0 Å². The van der Waals surface area contributed by atoms with Gasteiger partial charge < -0.3 is 5.32 Å². The molecule has 0 saturated carbocycles. The smallest absolute Gasteiger partial charge is 0.151 e. The minimum atomic E-state index is -2.86. The van der Waals surface area contributed by atoms with Crippen LogP contribution in [0.4, 0.5) is 0 Å². The summed E-state index contributed by atoms with van der Waals surface area (Å²) in [6.45, 7) is 7.24. The van der Waals surface area contributed by atoms with Crippen molar-refractivity contribution in [2.45, 2.75) is 44.6 Å². The molecule has 0 aliphatic carbocycles. The number of thioether (sulfide) groups is 1. The van der Waals surface area contributed by atoms with Crippen LogP contribution in [-0.4, -0.2) is 32.2 Å². The molecule has 1 rings (SSSR count). The van der Waals surface area contributed by atoms with Crippen molar-refractivity contribution in [1.29, 1.82) is 0 Å². The van der Waals surface area contributed by atoms with E-state index in [1.165, 1.54) is 5.56 Å². The van der Waals surface area contributed by atoms with Crippen molar-refractivity contribution in [3.63, 3.8) is 0 Å². The molecule has 1 N–H and O–H groups in total. The maximum atomic E-state index is 11.6. The summed E-state index contributed by atoms with van der Waals surface area (Å²) in [4.78, 5) is 1.13. The van der Waals surface area contributed by atoms with Crippen molar-refractivity contribution in [3.05, 3.63) is 29.8 Å². The summed E-state index contributed by atoms with van der Waals surface area (Å²) in [5.74, 6) is 1.19. The molecule has 0 heterocycles. The molecule has 0 amide bonds. The molecule has 0 saturated heterocycles. The van der Waals surface area contributed by atoms with Crippen molar-refractivity contribution in [2.24, 2.45) is 0 Å². The van der Waals surface area contributed by atoms with Gasteiger partial charge in [-0.1, -0.05) is 26.0 Å². The molecule has 5 heteroatoms. The molecule has 0 aliphatic heterocycles. The van der Waals surface area contributed by atoms with Gasteiger partial charge in [-0.05, 0) is 44.0 Å². The summed E-state index contributed by atoms with van der Waals surface area (Å²) >= 11 is 1.61. The minimum Gasteiger partial charge on any atom is -0.310 e. The summed E-state index contributed by atoms with van der Waals surface area (Å²) < 4.78 is 23.3. The monoisotopic (exact) mass is 329 g/mol. The highest BCUT2D eigenvalue weighted by Gasteiger charge is 2.09. The second-order valence-electron chi connectivity index (χ2n) is 5.25. The first-order chi connectivity index (χ1) is 9.98. The van der Waals surface area contributed by atoms with Crippen LogP contribution in [0, 0.1) is 0 Å². The first-order valence-electron chi connectivity index (χ1n) is 7.65. The average molecular weight is 330 g/mol. The molecule has 3 nitrogen and oxygen atoms in total. The van der Waals surface area contributed by atoms with Gasteiger partial charge in [0.25, 0.3) is 0 Å². The Morgan fingerprint density at radius 2 is 1.76 bits per heavy atom. The van der Waals surface area contributed by atoms with E-state index in [0.29, 0.717) is 24.0 Å². The molecule has 0 fully saturated rings. The standard InChI is InChI=1S/C16H27NO2S2/c1-4-10-17-14(3)15-6-8-16(9-7-15)20-11-13-21(18,19)12-5-2/h6-9,14,17H,4-5,10-13H2,1-3H3. The highest BCUT2D eigenvalue weighted by atomic mass is 32.2. The average Bonchev–Trinajstić information content (AvgIpc) is 2.45. The Balaban J connectivity index is 2.44. The van der Waals surface area contributed by atoms with E-state index in [0.717, 1.165) is 17.9 Å². The number of benzene rings is 1. The lowest BCUT2D eigenvalue weighted by Crippen LogP contribution is -2.19. The van der Waals surface area contributed by atoms with Crippen molar-refractivity contribution < 1.29 is 8.42 Å². The van der Waals surface area contributed by atoms with E-state index in [4.69, 9.17) is 0 Å². The number of sulfone groups is 1. The molecule has 21 heavy (non-hydrogen) atoms. The zero-order valence-corrected chi connectivity index (χ0v) is 14.9. The van der Waals surface area contributed by atoms with E-state index in [2.05, 4.69) is 43.4 Å². The first kappa shape index (κ1) is 18.5. The van der Waals surface area contributed by atoms with Crippen molar-refractivity contribution in [2.75, 3.05) is 23.8 Å². The normalized spacial score (nSPS) is 13.3. The van der Waals surface area contributed by atoms with Gasteiger partial charge in [-0.25, -0.2) is 8.42 Å². The van der Waals surface area contributed by atoms with Crippen LogP contribution in [0.25, 0.3) is 0 Å². The largest absolute Gasteiger partial charge is 0.310 e. The summed E-state index contributed by atoms with van der Waals surface area (Å²) in [5, 5.41) is 3.46. The molecule has 0 spiro atoms. The van der Waals surface area contributed by atoms with Gasteiger partial charge in [-0.15, -0.1) is 11.8 Å². The van der Waals surface area contributed by atoms with Crippen molar-refractivity contribution >= 4 is 21.6 Å². The van der Waals surface area contributed by atoms with E-state index >= 15 is 0 Å². The van der Waals surface area contributed by atoms with Crippen LogP contribution < -0.4 is 5.32 Å². The molecule has 0 radical (unpaired) electrons. The van der Waals surface area contributed by atoms with Gasteiger partial charge in [0, 0.05) is 22.4 Å². The fraction of sp³-hybridized carbons (Fsp3) is 0.625. The zero-order chi connectivity index (χ0) is 15.7. The van der Waals surface area contributed by atoms with Crippen LogP contribution in [0.3, 0.4) is 0 Å². The second-order valence-corrected chi connectivity index (χ2v) is 8.72. The Hall–Kier alpha value is -0.520. The van der Waals surface area contributed by atoms with Crippen molar-refractivity contribution in [1.82, 2.24) is 5.32 Å². The highest BCUT2D eigenvalue weighted by molar-refractivity contribution is 8.00. The quantitative estimate of drug-likeness (QED) is 0.665. The molecule has 1 atom stereocenters. The maximum Gasteiger partial charge on any atom is 0.151 e. The first-order valence-corrected chi connectivity index (χ1v) is 10.5. The Kier molecular flexibility index (Phi) is 8.37. The van der Waals surface area contributed by atoms with E-state index in [1.807, 2.05) is 6.92 Å². The Morgan fingerprint density at radius 3 is 2.33 bits per heavy atom. The Morgan fingerprint density at radius 1 is 1.10 bits per heavy atom. The fourth-order valence-electron chi connectivity index (χ4n) is 2.03. The van der Waals surface area contributed by atoms with Gasteiger partial charge in [0.1, 0.15) is 0 Å². The third kappa shape index (κ3) is 7.34. The summed E-state index contributed by atoms with van der Waals surface area (Å²) in [7, 11) is -2.86. The van der Waals surface area contributed by atoms with E-state index in [-0.39, 0.29) is 5.75 Å². The summed E-state index contributed by atoms with van der Waals surface area (Å²) in [6, 6.07) is 8.76. The predicted octanol–water partition coefficient (Wildman–Crippen LogP) is 3.66. The highest BCUT2D eigenvalue weighted by Crippen LogP contribution is 2.21. The molecule has 1 aromatic carbocycles. The molecular formula is C16H27NO2S2. The SMILES string of the molecule is CCCNC(C)c1ccc(SCCS(=O)(=O)CCC)cc1. The van der Waals surface area contributed by atoms with E-state index in [9.17, 15) is 8.42 Å². The van der Waals surface area contributed by atoms with Crippen LogP contribution >= 0.6 is 11.8 Å². The number of hydrogen-bond acceptors (Lipinski definition) is 4. The maximum absolute atomic E-state index is 11.6. The van der Waals surface area contributed by atoms with Crippen LogP contribution in [0.15, 0.2) is 29.2 Å². The van der Waals surface area contributed by atoms with Crippen molar-refractivity contribution in [3.8, 4) is 0 Å². The lowest BCUT2D eigenvalue weighted by Gasteiger charge is -2.14. The third-order valence-corrected chi connectivity index (χ3v) is 6.39. The molecular weight excluding hydrogens is 302 g/mol. The molecule has 120 valence electrons. The lowest BCUT2D eigenvalue weighted by molar-refractivity contribution is 0.570. The van der Waals surface area contributed by atoms with Gasteiger partial charge in [0.15, 0.2) is 9.84 Å². The lowest BCUT2D eigenvalue weighted by atomic mass is 10.1. The minimum absolute atomic E-state index is 0.266. The number of hydrogen-bond donors (Lipinski definition) is 1. The topological polar surface area (TPSA) is 46.2 Å². The van der Waals surface area contributed by atoms with E-state index in [1.54, 1.807) is 11.8 Å². The molecule has 0 bridgehead atoms. The fourth-order valence-corrected chi connectivity index (χ4v) is 4.77. The van der Waals surface area contributed by atoms with Gasteiger partial charge in [0.05, 0.1) is 5.75 Å².